The van der Waals surface area contributed by atoms with Crippen LogP contribution in [0.3, 0.4) is 0 Å². The summed E-state index contributed by atoms with van der Waals surface area (Å²) < 4.78 is 0. The van der Waals surface area contributed by atoms with Crippen molar-refractivity contribution in [2.24, 2.45) is 0 Å². The second-order valence-corrected chi connectivity index (χ2v) is 7.36. The van der Waals surface area contributed by atoms with E-state index in [0.717, 1.165) is 36.9 Å². The number of nitrogens with one attached hydrogen (secondary N) is 1. The predicted octanol–water partition coefficient (Wildman–Crippen LogP) is 3.89. The van der Waals surface area contributed by atoms with Gasteiger partial charge in [0.25, 0.3) is 0 Å². The van der Waals surface area contributed by atoms with E-state index >= 15 is 0 Å². The summed E-state index contributed by atoms with van der Waals surface area (Å²) in [7, 11) is 0. The number of benzene rings is 1. The molecule has 2 aromatic rings. The molecule has 1 N–H and O–H groups in total. The van der Waals surface area contributed by atoms with Gasteiger partial charge >= 0.3 is 0 Å². The van der Waals surface area contributed by atoms with Crippen LogP contribution in [0.25, 0.3) is 0 Å². The molecule has 0 saturated heterocycles. The van der Waals surface area contributed by atoms with Gasteiger partial charge in [0, 0.05) is 17.3 Å². The molecule has 0 bridgehead atoms. The second-order valence-electron chi connectivity index (χ2n) is 5.96. The molecule has 3 rings (SSSR count). The van der Waals surface area contributed by atoms with Crippen molar-refractivity contribution < 1.29 is 4.79 Å². The molecule has 1 aromatic heterocycles. The van der Waals surface area contributed by atoms with Gasteiger partial charge < -0.3 is 5.32 Å². The molecule has 128 valence electrons. The second kappa shape index (κ2) is 8.37. The summed E-state index contributed by atoms with van der Waals surface area (Å²) in [6, 6.07) is 11.5. The van der Waals surface area contributed by atoms with E-state index in [9.17, 15) is 10.1 Å². The van der Waals surface area contributed by atoms with E-state index in [1.54, 1.807) is 6.07 Å². The van der Waals surface area contributed by atoms with Crippen molar-refractivity contribution in [3.05, 3.63) is 57.7 Å². The lowest BCUT2D eigenvalue weighted by molar-refractivity contribution is -0.118. The third kappa shape index (κ3) is 4.75. The summed E-state index contributed by atoms with van der Waals surface area (Å²) in [5.74, 6) is 0.148. The Hall–Kier alpha value is -2.03. The molecule has 0 radical (unpaired) electrons. The van der Waals surface area contributed by atoms with Gasteiger partial charge in [-0.3, -0.25) is 4.79 Å². The monoisotopic (exact) mass is 371 g/mol. The van der Waals surface area contributed by atoms with E-state index < -0.39 is 0 Å². The molecule has 1 aromatic carbocycles. The maximum Gasteiger partial charge on any atom is 0.230 e. The number of thioether (sulfide) groups is 1. The van der Waals surface area contributed by atoms with Crippen LogP contribution in [0, 0.1) is 11.3 Å². The van der Waals surface area contributed by atoms with Crippen molar-refractivity contribution in [1.82, 2.24) is 10.3 Å². The van der Waals surface area contributed by atoms with E-state index in [-0.39, 0.29) is 11.7 Å². The fourth-order valence-corrected chi connectivity index (χ4v) is 3.85. The van der Waals surface area contributed by atoms with Crippen molar-refractivity contribution in [3.8, 4) is 6.07 Å². The van der Waals surface area contributed by atoms with Gasteiger partial charge in [-0.1, -0.05) is 35.5 Å². The number of rotatable bonds is 5. The first-order chi connectivity index (χ1) is 12.2. The number of hydrogen-bond acceptors (Lipinski definition) is 4. The molecule has 1 amide bonds. The van der Waals surface area contributed by atoms with Crippen LogP contribution in [0.4, 0.5) is 0 Å². The van der Waals surface area contributed by atoms with Gasteiger partial charge in [-0.2, -0.15) is 5.26 Å². The Bertz CT molecular complexity index is 832. The molecule has 0 unspecified atom stereocenters. The number of nitriles is 1. The van der Waals surface area contributed by atoms with Gasteiger partial charge in [0.15, 0.2) is 0 Å². The minimum Gasteiger partial charge on any atom is -0.351 e. The minimum atomic E-state index is -0.0895. The van der Waals surface area contributed by atoms with Crippen LogP contribution in [0.5, 0.6) is 0 Å². The van der Waals surface area contributed by atoms with Crippen LogP contribution in [0.1, 0.15) is 35.2 Å². The molecule has 25 heavy (non-hydrogen) atoms. The lowest BCUT2D eigenvalue weighted by atomic mass is 9.95. The number of pyridine rings is 1. The number of aryl methyl sites for hydroxylation is 2. The van der Waals surface area contributed by atoms with Gasteiger partial charge in [0.05, 0.1) is 11.3 Å². The average Bonchev–Trinajstić information content (AvgIpc) is 2.64. The Morgan fingerprint density at radius 3 is 2.96 bits per heavy atom. The molecular weight excluding hydrogens is 354 g/mol. The smallest absolute Gasteiger partial charge is 0.230 e. The first-order valence-electron chi connectivity index (χ1n) is 8.22. The average molecular weight is 372 g/mol. The van der Waals surface area contributed by atoms with Crippen LogP contribution >= 0.6 is 23.4 Å². The molecule has 0 fully saturated rings. The van der Waals surface area contributed by atoms with E-state index in [2.05, 4.69) is 16.4 Å². The van der Waals surface area contributed by atoms with Gasteiger partial charge in [-0.15, -0.1) is 0 Å². The van der Waals surface area contributed by atoms with Crippen molar-refractivity contribution in [1.29, 1.82) is 5.26 Å². The summed E-state index contributed by atoms with van der Waals surface area (Å²) in [6.07, 6.45) is 4.23. The highest BCUT2D eigenvalue weighted by molar-refractivity contribution is 8.00. The van der Waals surface area contributed by atoms with E-state index in [1.807, 2.05) is 24.3 Å². The fraction of sp³-hybridized carbons (Fsp3) is 0.316. The number of fused-ring (bicyclic) bond motifs is 1. The van der Waals surface area contributed by atoms with E-state index in [0.29, 0.717) is 22.2 Å². The van der Waals surface area contributed by atoms with Crippen molar-refractivity contribution >= 4 is 29.3 Å². The van der Waals surface area contributed by atoms with E-state index in [1.165, 1.54) is 17.3 Å². The third-order valence-electron chi connectivity index (χ3n) is 4.10. The SMILES string of the molecule is N#Cc1cc2c(nc1SCC(=O)NCc1cccc(Cl)c1)CCCC2. The number of carbonyl (C=O) groups is 1. The Morgan fingerprint density at radius 2 is 2.16 bits per heavy atom. The summed E-state index contributed by atoms with van der Waals surface area (Å²) in [5.41, 5.74) is 3.77. The van der Waals surface area contributed by atoms with Gasteiger partial charge in [0.1, 0.15) is 11.1 Å². The Balaban J connectivity index is 1.59. The molecule has 1 aliphatic rings. The quantitative estimate of drug-likeness (QED) is 0.809. The Labute approximate surface area is 156 Å². The predicted molar refractivity (Wildman–Crippen MR) is 99.6 cm³/mol. The topological polar surface area (TPSA) is 65.8 Å². The highest BCUT2D eigenvalue weighted by Crippen LogP contribution is 2.27. The number of halogens is 1. The summed E-state index contributed by atoms with van der Waals surface area (Å²) in [5, 5.41) is 13.5. The summed E-state index contributed by atoms with van der Waals surface area (Å²) >= 11 is 7.26. The van der Waals surface area contributed by atoms with Crippen LogP contribution in [0.15, 0.2) is 35.4 Å². The Morgan fingerprint density at radius 1 is 1.32 bits per heavy atom. The lowest BCUT2D eigenvalue weighted by Crippen LogP contribution is -2.24. The number of nitrogens with zero attached hydrogens (tertiary/aromatic N) is 2. The fourth-order valence-electron chi connectivity index (χ4n) is 2.84. The molecule has 6 heteroatoms. The molecular formula is C19H18ClN3OS. The van der Waals surface area contributed by atoms with Gasteiger partial charge in [0.2, 0.25) is 5.91 Å². The van der Waals surface area contributed by atoms with Crippen molar-refractivity contribution in [2.75, 3.05) is 5.75 Å². The number of hydrogen-bond donors (Lipinski definition) is 1. The highest BCUT2D eigenvalue weighted by Gasteiger charge is 2.16. The number of carbonyl (C=O) groups excluding carboxylic acids is 1. The molecule has 0 spiro atoms. The van der Waals surface area contributed by atoms with Crippen molar-refractivity contribution in [2.45, 2.75) is 37.3 Å². The maximum absolute atomic E-state index is 12.1. The summed E-state index contributed by atoms with van der Waals surface area (Å²) in [6.45, 7) is 0.433. The molecule has 4 nitrogen and oxygen atoms in total. The van der Waals surface area contributed by atoms with Gasteiger partial charge in [-0.05, 0) is 55.0 Å². The lowest BCUT2D eigenvalue weighted by Gasteiger charge is -2.16. The zero-order valence-corrected chi connectivity index (χ0v) is 15.3. The van der Waals surface area contributed by atoms with Gasteiger partial charge in [-0.25, -0.2) is 4.98 Å². The van der Waals surface area contributed by atoms with Crippen molar-refractivity contribution in [3.63, 3.8) is 0 Å². The van der Waals surface area contributed by atoms with Crippen LogP contribution < -0.4 is 5.32 Å². The standard InChI is InChI=1S/C19H18ClN3OS/c20-16-6-3-4-13(8-16)11-22-18(24)12-25-19-15(10-21)9-14-5-1-2-7-17(14)23-19/h3-4,6,8-9H,1-2,5,7,11-12H2,(H,22,24). The van der Waals surface area contributed by atoms with Crippen LogP contribution in [-0.2, 0) is 24.2 Å². The molecule has 0 saturated carbocycles. The number of aromatic nitrogens is 1. The molecule has 0 atom stereocenters. The maximum atomic E-state index is 12.1. The first kappa shape index (κ1) is 17.8. The summed E-state index contributed by atoms with van der Waals surface area (Å²) in [4.78, 5) is 16.7. The number of amides is 1. The normalized spacial score (nSPS) is 13.0. The van der Waals surface area contributed by atoms with Crippen LogP contribution in [0.2, 0.25) is 5.02 Å². The zero-order valence-electron chi connectivity index (χ0n) is 13.7. The highest BCUT2D eigenvalue weighted by atomic mass is 35.5. The minimum absolute atomic E-state index is 0.0895. The molecule has 1 heterocycles. The third-order valence-corrected chi connectivity index (χ3v) is 5.33. The molecule has 1 aliphatic carbocycles. The van der Waals surface area contributed by atoms with E-state index in [4.69, 9.17) is 11.6 Å². The molecule has 0 aliphatic heterocycles. The largest absolute Gasteiger partial charge is 0.351 e. The first-order valence-corrected chi connectivity index (χ1v) is 9.59. The zero-order chi connectivity index (χ0) is 17.6. The Kier molecular flexibility index (Phi) is 5.95. The van der Waals surface area contributed by atoms with Crippen LogP contribution in [-0.4, -0.2) is 16.6 Å².